The molecule has 0 atom stereocenters. The molecule has 0 N–H and O–H groups in total. The lowest BCUT2D eigenvalue weighted by atomic mass is 9.75. The number of allylic oxidation sites excluding steroid dienone is 3. The number of hydrogen-bond acceptors (Lipinski definition) is 4. The van der Waals surface area contributed by atoms with Crippen molar-refractivity contribution >= 4 is 5.97 Å². The topological polar surface area (TPSA) is 44.8 Å². The highest BCUT2D eigenvalue weighted by Gasteiger charge is 2.43. The highest BCUT2D eigenvalue weighted by molar-refractivity contribution is 5.70. The Labute approximate surface area is 149 Å². The van der Waals surface area contributed by atoms with Crippen LogP contribution < -0.4 is 0 Å². The van der Waals surface area contributed by atoms with E-state index in [0.29, 0.717) is 19.6 Å². The van der Waals surface area contributed by atoms with Crippen LogP contribution in [0.25, 0.3) is 0 Å². The predicted molar refractivity (Wildman–Crippen MR) is 95.8 cm³/mol. The van der Waals surface area contributed by atoms with Crippen molar-refractivity contribution < 1.29 is 19.0 Å². The van der Waals surface area contributed by atoms with Gasteiger partial charge in [0.25, 0.3) is 0 Å². The monoisotopic (exact) mass is 342 g/mol. The summed E-state index contributed by atoms with van der Waals surface area (Å²) >= 11 is 0. The Balaban J connectivity index is 1.88. The lowest BCUT2D eigenvalue weighted by molar-refractivity contribution is -0.142. The highest BCUT2D eigenvalue weighted by atomic mass is 16.7. The van der Waals surface area contributed by atoms with Gasteiger partial charge in [0.2, 0.25) is 5.79 Å². The van der Waals surface area contributed by atoms with Gasteiger partial charge in [-0.05, 0) is 23.8 Å². The van der Waals surface area contributed by atoms with Crippen LogP contribution in [0.3, 0.4) is 0 Å². The third-order valence-corrected chi connectivity index (χ3v) is 5.10. The lowest BCUT2D eigenvalue weighted by Gasteiger charge is -2.35. The first kappa shape index (κ1) is 17.9. The van der Waals surface area contributed by atoms with E-state index in [4.69, 9.17) is 14.2 Å². The Bertz CT molecular complexity index is 679. The maximum absolute atomic E-state index is 11.7. The summed E-state index contributed by atoms with van der Waals surface area (Å²) in [5.74, 6) is -0.945. The number of benzene rings is 1. The van der Waals surface area contributed by atoms with E-state index in [1.165, 1.54) is 12.7 Å². The van der Waals surface area contributed by atoms with Crippen molar-refractivity contribution in [3.8, 4) is 0 Å². The molecule has 4 nitrogen and oxygen atoms in total. The molecule has 2 aliphatic rings. The van der Waals surface area contributed by atoms with Crippen LogP contribution in [0.5, 0.6) is 0 Å². The van der Waals surface area contributed by atoms with E-state index < -0.39 is 5.79 Å². The summed E-state index contributed by atoms with van der Waals surface area (Å²) in [5, 5.41) is 0. The maximum atomic E-state index is 11.7. The third kappa shape index (κ3) is 3.55. The van der Waals surface area contributed by atoms with Gasteiger partial charge in [0, 0.05) is 5.56 Å². The van der Waals surface area contributed by atoms with Crippen molar-refractivity contribution in [2.45, 2.75) is 38.9 Å². The van der Waals surface area contributed by atoms with E-state index >= 15 is 0 Å². The zero-order chi connectivity index (χ0) is 17.9. The summed E-state index contributed by atoms with van der Waals surface area (Å²) in [7, 11) is 1.43. The van der Waals surface area contributed by atoms with Gasteiger partial charge >= 0.3 is 5.97 Å². The summed E-state index contributed by atoms with van der Waals surface area (Å²) in [5.41, 5.74) is 3.20. The Morgan fingerprint density at radius 2 is 1.80 bits per heavy atom. The molecule has 1 saturated heterocycles. The van der Waals surface area contributed by atoms with Crippen LogP contribution in [0.1, 0.15) is 38.7 Å². The van der Waals surface area contributed by atoms with Crippen LogP contribution in [0.15, 0.2) is 53.6 Å². The first-order valence-corrected chi connectivity index (χ1v) is 8.79. The molecule has 0 amide bonds. The molecule has 4 heteroatoms. The molecule has 0 spiro atoms. The van der Waals surface area contributed by atoms with E-state index in [1.54, 1.807) is 0 Å². The molecule has 1 aromatic rings. The molecule has 1 aliphatic carbocycles. The maximum Gasteiger partial charge on any atom is 0.306 e. The van der Waals surface area contributed by atoms with Crippen molar-refractivity contribution in [2.75, 3.05) is 20.3 Å². The first-order chi connectivity index (χ1) is 12.0. The van der Waals surface area contributed by atoms with Crippen molar-refractivity contribution in [1.82, 2.24) is 0 Å². The van der Waals surface area contributed by atoms with Crippen molar-refractivity contribution in [1.29, 1.82) is 0 Å². The molecule has 134 valence electrons. The third-order valence-electron chi connectivity index (χ3n) is 5.10. The number of carbonyl (C=O) groups is 1. The van der Waals surface area contributed by atoms with Gasteiger partial charge in [-0.2, -0.15) is 0 Å². The Hall–Kier alpha value is -1.91. The van der Waals surface area contributed by atoms with Gasteiger partial charge in [-0.1, -0.05) is 61.9 Å². The Morgan fingerprint density at radius 3 is 2.36 bits per heavy atom. The van der Waals surface area contributed by atoms with Gasteiger partial charge in [0.15, 0.2) is 0 Å². The molecule has 25 heavy (non-hydrogen) atoms. The molecule has 3 rings (SSSR count). The lowest BCUT2D eigenvalue weighted by Crippen LogP contribution is -2.31. The molecular formula is C21H26O4. The van der Waals surface area contributed by atoms with Crippen LogP contribution in [0.2, 0.25) is 0 Å². The molecule has 0 unspecified atom stereocenters. The van der Waals surface area contributed by atoms with Gasteiger partial charge in [-0.25, -0.2) is 0 Å². The fourth-order valence-corrected chi connectivity index (χ4v) is 3.63. The number of hydrogen-bond donors (Lipinski definition) is 0. The number of ether oxygens (including phenoxy) is 3. The minimum Gasteiger partial charge on any atom is -0.469 e. The second kappa shape index (κ2) is 7.14. The second-order valence-corrected chi connectivity index (χ2v) is 7.20. The molecule has 1 aromatic carbocycles. The average molecular weight is 342 g/mol. The van der Waals surface area contributed by atoms with E-state index in [-0.39, 0.29) is 11.4 Å². The minimum atomic E-state index is -0.768. The summed E-state index contributed by atoms with van der Waals surface area (Å²) < 4.78 is 17.0. The van der Waals surface area contributed by atoms with Gasteiger partial charge < -0.3 is 14.2 Å². The van der Waals surface area contributed by atoms with Crippen LogP contribution >= 0.6 is 0 Å². The van der Waals surface area contributed by atoms with Crippen LogP contribution in [0, 0.1) is 5.41 Å². The molecule has 0 bridgehead atoms. The van der Waals surface area contributed by atoms with Gasteiger partial charge in [0.05, 0.1) is 26.7 Å². The Morgan fingerprint density at radius 1 is 1.12 bits per heavy atom. The summed E-state index contributed by atoms with van der Waals surface area (Å²) in [6, 6.07) is 10.1. The van der Waals surface area contributed by atoms with E-state index in [0.717, 1.165) is 24.0 Å². The van der Waals surface area contributed by atoms with Crippen molar-refractivity contribution in [2.24, 2.45) is 5.41 Å². The van der Waals surface area contributed by atoms with E-state index in [1.807, 2.05) is 30.3 Å². The van der Waals surface area contributed by atoms with Gasteiger partial charge in [-0.3, -0.25) is 4.79 Å². The van der Waals surface area contributed by atoms with Crippen LogP contribution in [-0.4, -0.2) is 26.3 Å². The second-order valence-electron chi connectivity index (χ2n) is 7.20. The van der Waals surface area contributed by atoms with Crippen molar-refractivity contribution in [3.05, 3.63) is 59.2 Å². The summed E-state index contributed by atoms with van der Waals surface area (Å²) in [6.07, 6.45) is 6.35. The van der Waals surface area contributed by atoms with Crippen molar-refractivity contribution in [3.63, 3.8) is 0 Å². The number of carbonyl (C=O) groups excluding carboxylic acids is 1. The predicted octanol–water partition coefficient (Wildman–Crippen LogP) is 4.12. The fourth-order valence-electron chi connectivity index (χ4n) is 3.63. The largest absolute Gasteiger partial charge is 0.469 e. The highest BCUT2D eigenvalue weighted by Crippen LogP contribution is 2.45. The summed E-state index contributed by atoms with van der Waals surface area (Å²) in [6.45, 7) is 5.36. The fraction of sp³-hybridized carbons (Fsp3) is 0.476. The molecular weight excluding hydrogens is 316 g/mol. The number of esters is 1. The molecule has 1 fully saturated rings. The standard InChI is InChI=1S/C21H26O4/c1-20(2,15-19(22)23-3)16-9-11-18(12-10-16)21(24-13-14-25-21)17-7-5-4-6-8-17/h4-9,11H,10,12-15H2,1-3H3. The Kier molecular flexibility index (Phi) is 5.11. The minimum absolute atomic E-state index is 0.177. The molecule has 0 aromatic heterocycles. The molecule has 0 saturated carbocycles. The first-order valence-electron chi connectivity index (χ1n) is 8.79. The summed E-state index contributed by atoms with van der Waals surface area (Å²) in [4.78, 5) is 11.7. The molecule has 0 radical (unpaired) electrons. The average Bonchev–Trinajstić information content (AvgIpc) is 3.13. The van der Waals surface area contributed by atoms with Crippen LogP contribution in [0.4, 0.5) is 0 Å². The van der Waals surface area contributed by atoms with E-state index in [2.05, 4.69) is 26.0 Å². The quantitative estimate of drug-likeness (QED) is 0.755. The SMILES string of the molecule is COC(=O)CC(C)(C)C1=CC=C(C2(c3ccccc3)OCCO2)CC1. The van der Waals surface area contributed by atoms with Gasteiger partial charge in [0.1, 0.15) is 0 Å². The van der Waals surface area contributed by atoms with Gasteiger partial charge in [-0.15, -0.1) is 0 Å². The molecule has 1 heterocycles. The van der Waals surface area contributed by atoms with Crippen LogP contribution in [-0.2, 0) is 24.8 Å². The zero-order valence-corrected chi connectivity index (χ0v) is 15.2. The smallest absolute Gasteiger partial charge is 0.306 e. The van der Waals surface area contributed by atoms with E-state index in [9.17, 15) is 4.79 Å². The normalized spacial score (nSPS) is 20.0. The number of rotatable bonds is 5. The zero-order valence-electron chi connectivity index (χ0n) is 15.2. The molecule has 1 aliphatic heterocycles. The number of methoxy groups -OCH3 is 1.